The molecule has 22 heavy (non-hydrogen) atoms. The van der Waals surface area contributed by atoms with E-state index in [-0.39, 0.29) is 6.10 Å². The van der Waals surface area contributed by atoms with Gasteiger partial charge >= 0.3 is 0 Å². The lowest BCUT2D eigenvalue weighted by molar-refractivity contribution is 0.252. The number of anilines is 1. The maximum absolute atomic E-state index is 5.93. The van der Waals surface area contributed by atoms with E-state index in [1.807, 2.05) is 18.2 Å². The molecule has 1 aliphatic rings. The van der Waals surface area contributed by atoms with Gasteiger partial charge in [0.15, 0.2) is 0 Å². The summed E-state index contributed by atoms with van der Waals surface area (Å²) < 4.78 is 16.4. The molecule has 0 bridgehead atoms. The summed E-state index contributed by atoms with van der Waals surface area (Å²) in [6.07, 6.45) is 2.88. The summed E-state index contributed by atoms with van der Waals surface area (Å²) >= 11 is 0. The van der Waals surface area contributed by atoms with Crippen LogP contribution in [-0.4, -0.2) is 25.3 Å². The number of fused-ring (bicyclic) bond motifs is 1. The van der Waals surface area contributed by atoms with Crippen molar-refractivity contribution < 1.29 is 14.2 Å². The second-order valence-electron chi connectivity index (χ2n) is 5.35. The smallest absolute Gasteiger partial charge is 0.213 e. The number of aromatic nitrogens is 1. The zero-order valence-electron chi connectivity index (χ0n) is 13.1. The lowest BCUT2D eigenvalue weighted by atomic mass is 10.1. The number of ether oxygens (including phenoxy) is 3. The molecule has 0 radical (unpaired) electrons. The molecule has 116 valence electrons. The van der Waals surface area contributed by atoms with Gasteiger partial charge in [-0.15, -0.1) is 0 Å². The van der Waals surface area contributed by atoms with Crippen molar-refractivity contribution in [2.45, 2.75) is 26.0 Å². The lowest BCUT2D eigenvalue weighted by Gasteiger charge is -2.13. The normalized spacial score (nSPS) is 15.9. The van der Waals surface area contributed by atoms with Crippen molar-refractivity contribution in [3.63, 3.8) is 0 Å². The molecular formula is C17H20N2O3. The van der Waals surface area contributed by atoms with E-state index in [1.165, 1.54) is 5.56 Å². The highest BCUT2D eigenvalue weighted by atomic mass is 16.5. The molecule has 3 rings (SSSR count). The van der Waals surface area contributed by atoms with Crippen LogP contribution in [0.15, 0.2) is 30.5 Å². The summed E-state index contributed by atoms with van der Waals surface area (Å²) in [6, 6.07) is 7.84. The number of pyridine rings is 1. The van der Waals surface area contributed by atoms with E-state index in [2.05, 4.69) is 23.3 Å². The van der Waals surface area contributed by atoms with Gasteiger partial charge in [-0.25, -0.2) is 4.98 Å². The Bertz CT molecular complexity index is 656. The van der Waals surface area contributed by atoms with Crippen LogP contribution in [0.2, 0.25) is 0 Å². The average Bonchev–Trinajstić information content (AvgIpc) is 2.93. The molecule has 0 spiro atoms. The largest absolute Gasteiger partial charge is 0.497 e. The molecule has 0 unspecified atom stereocenters. The minimum Gasteiger partial charge on any atom is -0.497 e. The van der Waals surface area contributed by atoms with Crippen LogP contribution in [0, 0.1) is 0 Å². The van der Waals surface area contributed by atoms with Crippen molar-refractivity contribution in [1.29, 1.82) is 0 Å². The van der Waals surface area contributed by atoms with Gasteiger partial charge in [0, 0.05) is 30.2 Å². The minimum atomic E-state index is 0.212. The van der Waals surface area contributed by atoms with Crippen LogP contribution in [0.1, 0.15) is 18.1 Å². The Morgan fingerprint density at radius 3 is 2.82 bits per heavy atom. The zero-order chi connectivity index (χ0) is 15.5. The van der Waals surface area contributed by atoms with E-state index < -0.39 is 0 Å². The third-order valence-electron chi connectivity index (χ3n) is 3.71. The Labute approximate surface area is 130 Å². The quantitative estimate of drug-likeness (QED) is 0.920. The van der Waals surface area contributed by atoms with Crippen LogP contribution in [0.3, 0.4) is 0 Å². The number of methoxy groups -OCH3 is 2. The van der Waals surface area contributed by atoms with E-state index >= 15 is 0 Å². The number of hydrogen-bond acceptors (Lipinski definition) is 5. The first-order valence-corrected chi connectivity index (χ1v) is 7.30. The first-order chi connectivity index (χ1) is 10.7. The van der Waals surface area contributed by atoms with Crippen molar-refractivity contribution in [2.24, 2.45) is 0 Å². The van der Waals surface area contributed by atoms with Gasteiger partial charge in [-0.3, -0.25) is 0 Å². The van der Waals surface area contributed by atoms with Gasteiger partial charge in [0.2, 0.25) is 5.88 Å². The fraction of sp³-hybridized carbons (Fsp3) is 0.353. The number of nitrogens with zero attached hydrogens (tertiary/aromatic N) is 1. The topological polar surface area (TPSA) is 52.6 Å². The van der Waals surface area contributed by atoms with Crippen molar-refractivity contribution in [1.82, 2.24) is 4.98 Å². The third-order valence-corrected chi connectivity index (χ3v) is 3.71. The maximum Gasteiger partial charge on any atom is 0.213 e. The van der Waals surface area contributed by atoms with Crippen molar-refractivity contribution in [3.05, 3.63) is 41.6 Å². The summed E-state index contributed by atoms with van der Waals surface area (Å²) in [6.45, 7) is 2.73. The fourth-order valence-corrected chi connectivity index (χ4v) is 2.63. The van der Waals surface area contributed by atoms with Crippen LogP contribution >= 0.6 is 0 Å². The van der Waals surface area contributed by atoms with E-state index in [0.29, 0.717) is 12.4 Å². The van der Waals surface area contributed by atoms with Crippen molar-refractivity contribution in [2.75, 3.05) is 19.5 Å². The van der Waals surface area contributed by atoms with Gasteiger partial charge in [0.25, 0.3) is 0 Å². The van der Waals surface area contributed by atoms with Crippen molar-refractivity contribution in [3.8, 4) is 17.4 Å². The Morgan fingerprint density at radius 2 is 2.14 bits per heavy atom. The van der Waals surface area contributed by atoms with E-state index in [9.17, 15) is 0 Å². The Morgan fingerprint density at radius 1 is 1.27 bits per heavy atom. The minimum absolute atomic E-state index is 0.212. The van der Waals surface area contributed by atoms with Crippen LogP contribution in [0.5, 0.6) is 17.4 Å². The predicted octanol–water partition coefficient (Wildman–Crippen LogP) is 3.03. The lowest BCUT2D eigenvalue weighted by Crippen LogP contribution is -2.07. The van der Waals surface area contributed by atoms with Gasteiger partial charge in [0.1, 0.15) is 17.6 Å². The Balaban J connectivity index is 1.78. The van der Waals surface area contributed by atoms with Crippen LogP contribution in [-0.2, 0) is 13.0 Å². The van der Waals surface area contributed by atoms with E-state index in [4.69, 9.17) is 14.2 Å². The number of rotatable bonds is 5. The first-order valence-electron chi connectivity index (χ1n) is 7.30. The fourth-order valence-electron chi connectivity index (χ4n) is 2.63. The molecule has 1 aromatic heterocycles. The van der Waals surface area contributed by atoms with E-state index in [1.54, 1.807) is 20.4 Å². The molecule has 5 nitrogen and oxygen atoms in total. The molecule has 1 atom stereocenters. The molecule has 0 saturated heterocycles. The molecule has 2 aromatic rings. The number of nitrogens with one attached hydrogen (secondary N) is 1. The zero-order valence-corrected chi connectivity index (χ0v) is 13.1. The summed E-state index contributed by atoms with van der Waals surface area (Å²) in [5.74, 6) is 2.44. The summed E-state index contributed by atoms with van der Waals surface area (Å²) in [7, 11) is 3.29. The molecule has 0 saturated carbocycles. The number of benzene rings is 1. The van der Waals surface area contributed by atoms with Crippen LogP contribution in [0.4, 0.5) is 5.69 Å². The Hall–Kier alpha value is -2.43. The van der Waals surface area contributed by atoms with Gasteiger partial charge in [-0.2, -0.15) is 0 Å². The second kappa shape index (κ2) is 6.13. The average molecular weight is 300 g/mol. The highest BCUT2D eigenvalue weighted by molar-refractivity contribution is 5.52. The monoisotopic (exact) mass is 300 g/mol. The SMILES string of the molecule is COc1cc(CNc2ccc(OC)nc2)c2c(c1)C[C@H](C)O2. The van der Waals surface area contributed by atoms with Crippen LogP contribution in [0.25, 0.3) is 0 Å². The van der Waals surface area contributed by atoms with Crippen molar-refractivity contribution >= 4 is 5.69 Å². The summed E-state index contributed by atoms with van der Waals surface area (Å²) in [4.78, 5) is 4.19. The van der Waals surface area contributed by atoms with Gasteiger partial charge < -0.3 is 19.5 Å². The third kappa shape index (κ3) is 2.93. The summed E-state index contributed by atoms with van der Waals surface area (Å²) in [5, 5.41) is 3.35. The molecule has 2 heterocycles. The molecule has 1 N–H and O–H groups in total. The molecular weight excluding hydrogens is 280 g/mol. The van der Waals surface area contributed by atoms with Gasteiger partial charge in [-0.05, 0) is 25.1 Å². The molecule has 0 fully saturated rings. The highest BCUT2D eigenvalue weighted by Crippen LogP contribution is 2.36. The number of hydrogen-bond donors (Lipinski definition) is 1. The molecule has 1 aliphatic heterocycles. The molecule has 5 heteroatoms. The van der Waals surface area contributed by atoms with Crippen LogP contribution < -0.4 is 19.5 Å². The highest BCUT2D eigenvalue weighted by Gasteiger charge is 2.23. The summed E-state index contributed by atoms with van der Waals surface area (Å²) in [5.41, 5.74) is 3.23. The molecule has 0 amide bonds. The van der Waals surface area contributed by atoms with E-state index in [0.717, 1.165) is 29.2 Å². The van der Waals surface area contributed by atoms with Gasteiger partial charge in [0.05, 0.1) is 26.1 Å². The Kier molecular flexibility index (Phi) is 4.04. The van der Waals surface area contributed by atoms with Gasteiger partial charge in [-0.1, -0.05) is 0 Å². The second-order valence-corrected chi connectivity index (χ2v) is 5.35. The molecule has 0 aliphatic carbocycles. The first kappa shape index (κ1) is 14.5. The maximum atomic E-state index is 5.93. The molecule has 1 aromatic carbocycles. The predicted molar refractivity (Wildman–Crippen MR) is 84.9 cm³/mol. The standard InChI is InChI=1S/C17H20N2O3/c1-11-6-12-7-15(20-2)8-13(17(12)22-11)9-18-14-4-5-16(21-3)19-10-14/h4-5,7-8,10-11,18H,6,9H2,1-3H3/t11-/m0/s1.